The van der Waals surface area contributed by atoms with Gasteiger partial charge in [-0.15, -0.1) is 0 Å². The Hall–Kier alpha value is -1.85. The maximum Gasteiger partial charge on any atom is 0.311 e. The first-order chi connectivity index (χ1) is 13.9. The molecule has 0 bridgehead atoms. The molecular weight excluding hydrogens is 430 g/mol. The first kappa shape index (κ1) is 20.4. The lowest BCUT2D eigenvalue weighted by Gasteiger charge is -2.32. The minimum Gasteiger partial charge on any atom is -0.489 e. The van der Waals surface area contributed by atoms with Crippen molar-refractivity contribution in [2.45, 2.75) is 39.4 Å². The molecule has 1 fully saturated rings. The summed E-state index contributed by atoms with van der Waals surface area (Å²) in [5.41, 5.74) is 5.94. The van der Waals surface area contributed by atoms with Gasteiger partial charge in [0.1, 0.15) is 18.5 Å². The predicted molar refractivity (Wildman–Crippen MR) is 117 cm³/mol. The number of esters is 1. The molecule has 5 heteroatoms. The van der Waals surface area contributed by atoms with Crippen LogP contribution in [0.25, 0.3) is 0 Å². The van der Waals surface area contributed by atoms with Gasteiger partial charge < -0.3 is 14.4 Å². The molecule has 0 amide bonds. The summed E-state index contributed by atoms with van der Waals surface area (Å²) in [5.74, 6) is 1.02. The maximum absolute atomic E-state index is 12.6. The fourth-order valence-corrected chi connectivity index (χ4v) is 5.23. The van der Waals surface area contributed by atoms with Gasteiger partial charge in [0.15, 0.2) is 0 Å². The van der Waals surface area contributed by atoms with Crippen LogP contribution in [-0.2, 0) is 22.6 Å². The number of benzene rings is 2. The van der Waals surface area contributed by atoms with Gasteiger partial charge >= 0.3 is 5.97 Å². The van der Waals surface area contributed by atoms with Gasteiger partial charge in [-0.05, 0) is 69.6 Å². The number of carbonyl (C=O) groups excluding carboxylic acids is 1. The van der Waals surface area contributed by atoms with Gasteiger partial charge in [0.2, 0.25) is 0 Å². The van der Waals surface area contributed by atoms with Crippen molar-refractivity contribution in [3.05, 3.63) is 62.6 Å². The Balaban J connectivity index is 1.65. The lowest BCUT2D eigenvalue weighted by Crippen LogP contribution is -2.31. The van der Waals surface area contributed by atoms with E-state index in [0.717, 1.165) is 40.7 Å². The van der Waals surface area contributed by atoms with E-state index in [2.05, 4.69) is 46.8 Å². The molecule has 1 aliphatic carbocycles. The molecule has 2 aromatic rings. The minimum atomic E-state index is -0.151. The highest BCUT2D eigenvalue weighted by Gasteiger charge is 2.48. The summed E-state index contributed by atoms with van der Waals surface area (Å²) in [6.07, 6.45) is 1.84. The highest BCUT2D eigenvalue weighted by molar-refractivity contribution is 9.10. The first-order valence-corrected chi connectivity index (χ1v) is 11.0. The number of nitrogens with zero attached hydrogens (tertiary/aromatic N) is 1. The van der Waals surface area contributed by atoms with E-state index in [1.807, 2.05) is 32.3 Å². The Labute approximate surface area is 181 Å². The number of carbonyl (C=O) groups is 1. The normalized spacial score (nSPS) is 23.0. The van der Waals surface area contributed by atoms with Gasteiger partial charge in [-0.25, -0.2) is 0 Å². The lowest BCUT2D eigenvalue weighted by atomic mass is 9.74. The molecule has 0 spiro atoms. The highest BCUT2D eigenvalue weighted by atomic mass is 79.9. The maximum atomic E-state index is 12.6. The summed E-state index contributed by atoms with van der Waals surface area (Å²) in [7, 11) is 4.03. The van der Waals surface area contributed by atoms with E-state index >= 15 is 0 Å². The van der Waals surface area contributed by atoms with Gasteiger partial charge in [0.05, 0.1) is 5.92 Å². The van der Waals surface area contributed by atoms with Crippen molar-refractivity contribution >= 4 is 21.9 Å². The number of ether oxygens (including phenoxy) is 2. The van der Waals surface area contributed by atoms with Crippen molar-refractivity contribution in [2.75, 3.05) is 20.6 Å². The van der Waals surface area contributed by atoms with Crippen molar-refractivity contribution in [3.8, 4) is 5.75 Å². The zero-order valence-electron chi connectivity index (χ0n) is 17.5. The zero-order chi connectivity index (χ0) is 20.7. The minimum absolute atomic E-state index is 0.0484. The third-order valence-electron chi connectivity index (χ3n) is 6.29. The summed E-state index contributed by atoms with van der Waals surface area (Å²) in [6.45, 7) is 5.48. The number of halogens is 1. The van der Waals surface area contributed by atoms with E-state index in [1.54, 1.807) is 0 Å². The second-order valence-corrected chi connectivity index (χ2v) is 9.37. The SMILES string of the molecule is Cc1cc(OCc2ccccc2Br)c(C)c2c1CC[C@H]1[C@@H](CN(C)C)C(=O)O[C@@H]21. The van der Waals surface area contributed by atoms with Crippen LogP contribution < -0.4 is 4.74 Å². The van der Waals surface area contributed by atoms with Crippen molar-refractivity contribution in [2.24, 2.45) is 11.8 Å². The number of hydrogen-bond acceptors (Lipinski definition) is 4. The average molecular weight is 458 g/mol. The van der Waals surface area contributed by atoms with E-state index in [9.17, 15) is 4.79 Å². The third-order valence-corrected chi connectivity index (χ3v) is 7.06. The molecule has 2 aliphatic rings. The van der Waals surface area contributed by atoms with Crippen LogP contribution in [0.2, 0.25) is 0 Å². The third kappa shape index (κ3) is 3.82. The Kier molecular flexibility index (Phi) is 5.71. The van der Waals surface area contributed by atoms with Crippen LogP contribution in [0.3, 0.4) is 0 Å². The van der Waals surface area contributed by atoms with Gasteiger partial charge in [-0.2, -0.15) is 0 Å². The van der Waals surface area contributed by atoms with E-state index in [4.69, 9.17) is 9.47 Å². The molecule has 1 saturated heterocycles. The van der Waals surface area contributed by atoms with Crippen LogP contribution in [0.1, 0.15) is 40.3 Å². The number of fused-ring (bicyclic) bond motifs is 3. The summed E-state index contributed by atoms with van der Waals surface area (Å²) in [4.78, 5) is 14.7. The van der Waals surface area contributed by atoms with Gasteiger partial charge in [0, 0.05) is 28.1 Å². The lowest BCUT2D eigenvalue weighted by molar-refractivity contribution is -0.144. The van der Waals surface area contributed by atoms with E-state index in [0.29, 0.717) is 6.61 Å². The predicted octanol–water partition coefficient (Wildman–Crippen LogP) is 4.98. The molecule has 29 heavy (non-hydrogen) atoms. The molecule has 4 rings (SSSR count). The topological polar surface area (TPSA) is 38.8 Å². The summed E-state index contributed by atoms with van der Waals surface area (Å²) < 4.78 is 13.2. The molecule has 3 atom stereocenters. The first-order valence-electron chi connectivity index (χ1n) is 10.2. The van der Waals surface area contributed by atoms with E-state index in [1.165, 1.54) is 16.7 Å². The van der Waals surface area contributed by atoms with Crippen LogP contribution >= 0.6 is 15.9 Å². The van der Waals surface area contributed by atoms with Crippen LogP contribution in [0.15, 0.2) is 34.8 Å². The van der Waals surface area contributed by atoms with Gasteiger partial charge in [-0.1, -0.05) is 34.1 Å². The molecule has 0 saturated carbocycles. The van der Waals surface area contributed by atoms with Gasteiger partial charge in [-0.3, -0.25) is 4.79 Å². The Morgan fingerprint density at radius 1 is 1.24 bits per heavy atom. The highest BCUT2D eigenvalue weighted by Crippen LogP contribution is 2.50. The Morgan fingerprint density at radius 2 is 2.00 bits per heavy atom. The second-order valence-electron chi connectivity index (χ2n) is 8.52. The Bertz CT molecular complexity index is 940. The summed E-state index contributed by atoms with van der Waals surface area (Å²) in [5, 5.41) is 0. The molecule has 2 aromatic carbocycles. The largest absolute Gasteiger partial charge is 0.489 e. The summed E-state index contributed by atoms with van der Waals surface area (Å²) in [6, 6.07) is 10.2. The Morgan fingerprint density at radius 3 is 2.72 bits per heavy atom. The van der Waals surface area contributed by atoms with Crippen molar-refractivity contribution in [1.82, 2.24) is 4.90 Å². The molecule has 154 valence electrons. The fraction of sp³-hybridized carbons (Fsp3) is 0.458. The van der Waals surface area contributed by atoms with Crippen molar-refractivity contribution < 1.29 is 14.3 Å². The van der Waals surface area contributed by atoms with Crippen LogP contribution in [-0.4, -0.2) is 31.5 Å². The molecule has 1 heterocycles. The monoisotopic (exact) mass is 457 g/mol. The van der Waals surface area contributed by atoms with E-state index in [-0.39, 0.29) is 23.9 Å². The van der Waals surface area contributed by atoms with Gasteiger partial charge in [0.25, 0.3) is 0 Å². The quantitative estimate of drug-likeness (QED) is 0.593. The van der Waals surface area contributed by atoms with Crippen molar-refractivity contribution in [3.63, 3.8) is 0 Å². The van der Waals surface area contributed by atoms with Crippen LogP contribution in [0, 0.1) is 25.7 Å². The molecule has 4 nitrogen and oxygen atoms in total. The van der Waals surface area contributed by atoms with E-state index < -0.39 is 0 Å². The standard InChI is InChI=1S/C24H28BrNO3/c1-14-11-21(28-13-16-7-5-6-8-20(16)25)15(2)22-17(14)9-10-18-19(12-26(3)4)24(27)29-23(18)22/h5-8,11,18-19,23H,9-10,12-13H2,1-4H3/t18-,19+,23+/m0/s1. The molecular formula is C24H28BrNO3. The average Bonchev–Trinajstić information content (AvgIpc) is 2.99. The summed E-state index contributed by atoms with van der Waals surface area (Å²) >= 11 is 3.59. The molecule has 0 N–H and O–H groups in total. The smallest absolute Gasteiger partial charge is 0.311 e. The molecule has 0 aromatic heterocycles. The zero-order valence-corrected chi connectivity index (χ0v) is 19.1. The molecule has 0 radical (unpaired) electrons. The number of aryl methyl sites for hydroxylation is 1. The number of hydrogen-bond donors (Lipinski definition) is 0. The number of rotatable bonds is 5. The van der Waals surface area contributed by atoms with Crippen LogP contribution in [0.5, 0.6) is 5.75 Å². The molecule has 0 unspecified atom stereocenters. The molecule has 1 aliphatic heterocycles. The fourth-order valence-electron chi connectivity index (χ4n) is 4.83. The second kappa shape index (κ2) is 8.11. The van der Waals surface area contributed by atoms with Crippen LogP contribution in [0.4, 0.5) is 0 Å². The van der Waals surface area contributed by atoms with Crippen molar-refractivity contribution in [1.29, 1.82) is 0 Å².